The van der Waals surface area contributed by atoms with Crippen LogP contribution in [0.15, 0.2) is 41.6 Å². The third-order valence-corrected chi connectivity index (χ3v) is 6.97. The van der Waals surface area contributed by atoms with Gasteiger partial charge in [-0.3, -0.25) is 14.8 Å². The average Bonchev–Trinajstić information content (AvgIpc) is 3.13. The van der Waals surface area contributed by atoms with E-state index in [1.54, 1.807) is 20.4 Å². The maximum atomic E-state index is 13.0. The zero-order chi connectivity index (χ0) is 24.5. The van der Waals surface area contributed by atoms with E-state index in [2.05, 4.69) is 4.98 Å². The van der Waals surface area contributed by atoms with Crippen LogP contribution in [-0.2, 0) is 4.79 Å². The standard InChI is InChI=1S/C26H32N4O4/c1-17-7-6-12-27-23(17)25(32)29-13-10-19(11-14-29)30-22(16-31)26(2,3)24(28-30)18-8-9-20(33-4)21(15-18)34-5/h6-9,12,15-16,19,22H,10-11,13-14H2,1-5H3. The van der Waals surface area contributed by atoms with Gasteiger partial charge in [-0.25, -0.2) is 0 Å². The number of aromatic nitrogens is 1. The molecule has 180 valence electrons. The Hall–Kier alpha value is -3.42. The highest BCUT2D eigenvalue weighted by atomic mass is 16.5. The van der Waals surface area contributed by atoms with E-state index >= 15 is 0 Å². The Morgan fingerprint density at radius 3 is 2.44 bits per heavy atom. The number of piperidine rings is 1. The lowest BCUT2D eigenvalue weighted by atomic mass is 9.78. The molecule has 2 aliphatic rings. The van der Waals surface area contributed by atoms with Crippen LogP contribution in [0.2, 0.25) is 0 Å². The number of rotatable bonds is 6. The number of benzene rings is 1. The van der Waals surface area contributed by atoms with Crippen molar-refractivity contribution in [3.8, 4) is 11.5 Å². The largest absolute Gasteiger partial charge is 0.493 e. The highest BCUT2D eigenvalue weighted by Gasteiger charge is 2.47. The number of amides is 1. The molecule has 34 heavy (non-hydrogen) atoms. The van der Waals surface area contributed by atoms with Crippen molar-refractivity contribution in [3.05, 3.63) is 53.3 Å². The lowest BCUT2D eigenvalue weighted by Crippen LogP contribution is -2.50. The number of aryl methyl sites for hydroxylation is 1. The molecule has 1 aromatic carbocycles. The first-order valence-electron chi connectivity index (χ1n) is 11.6. The van der Waals surface area contributed by atoms with Crippen molar-refractivity contribution in [3.63, 3.8) is 0 Å². The van der Waals surface area contributed by atoms with Crippen molar-refractivity contribution in [1.82, 2.24) is 14.9 Å². The molecule has 2 aliphatic heterocycles. The molecule has 0 saturated carbocycles. The normalized spacial score (nSPS) is 20.1. The monoisotopic (exact) mass is 464 g/mol. The van der Waals surface area contributed by atoms with E-state index < -0.39 is 5.41 Å². The van der Waals surface area contributed by atoms with Gasteiger partial charge in [-0.1, -0.05) is 19.9 Å². The van der Waals surface area contributed by atoms with Gasteiger partial charge in [-0.2, -0.15) is 5.10 Å². The topological polar surface area (TPSA) is 84.3 Å². The van der Waals surface area contributed by atoms with Crippen molar-refractivity contribution in [2.45, 2.75) is 45.7 Å². The van der Waals surface area contributed by atoms with Crippen LogP contribution < -0.4 is 9.47 Å². The van der Waals surface area contributed by atoms with Gasteiger partial charge in [0.05, 0.1) is 26.0 Å². The number of aldehydes is 1. The Morgan fingerprint density at radius 1 is 1.12 bits per heavy atom. The molecule has 8 nitrogen and oxygen atoms in total. The molecular weight excluding hydrogens is 432 g/mol. The van der Waals surface area contributed by atoms with Crippen LogP contribution in [0.1, 0.15) is 48.3 Å². The van der Waals surface area contributed by atoms with E-state index in [0.717, 1.165) is 36.0 Å². The maximum Gasteiger partial charge on any atom is 0.272 e. The number of hydrazone groups is 1. The Labute approximate surface area is 200 Å². The van der Waals surface area contributed by atoms with Crippen LogP contribution in [-0.4, -0.2) is 72.2 Å². The van der Waals surface area contributed by atoms with Crippen molar-refractivity contribution in [2.24, 2.45) is 10.5 Å². The number of hydrogen-bond acceptors (Lipinski definition) is 7. The van der Waals surface area contributed by atoms with Crippen LogP contribution in [0.25, 0.3) is 0 Å². The van der Waals surface area contributed by atoms with Crippen molar-refractivity contribution >= 4 is 17.9 Å². The zero-order valence-electron chi connectivity index (χ0n) is 20.4. The first-order valence-corrected chi connectivity index (χ1v) is 11.6. The van der Waals surface area contributed by atoms with Gasteiger partial charge in [0.15, 0.2) is 11.5 Å². The third kappa shape index (κ3) is 4.13. The minimum atomic E-state index is -0.487. The molecule has 0 radical (unpaired) electrons. The summed E-state index contributed by atoms with van der Waals surface area (Å²) < 4.78 is 10.8. The lowest BCUT2D eigenvalue weighted by molar-refractivity contribution is -0.115. The first kappa shape index (κ1) is 23.7. The summed E-state index contributed by atoms with van der Waals surface area (Å²) in [6, 6.07) is 9.13. The molecule has 2 aromatic rings. The number of hydrogen-bond donors (Lipinski definition) is 0. The van der Waals surface area contributed by atoms with E-state index in [4.69, 9.17) is 14.6 Å². The van der Waals surface area contributed by atoms with Gasteiger partial charge in [0.25, 0.3) is 5.91 Å². The summed E-state index contributed by atoms with van der Waals surface area (Å²) in [7, 11) is 3.20. The molecule has 1 amide bonds. The smallest absolute Gasteiger partial charge is 0.272 e. The first-order chi connectivity index (χ1) is 16.3. The molecule has 8 heteroatoms. The predicted molar refractivity (Wildman–Crippen MR) is 129 cm³/mol. The van der Waals surface area contributed by atoms with Crippen molar-refractivity contribution in [1.29, 1.82) is 0 Å². The fraction of sp³-hybridized carbons (Fsp3) is 0.462. The highest BCUT2D eigenvalue weighted by molar-refractivity contribution is 6.07. The quantitative estimate of drug-likeness (QED) is 0.610. The molecule has 1 unspecified atom stereocenters. The van der Waals surface area contributed by atoms with E-state index in [0.29, 0.717) is 30.3 Å². The minimum Gasteiger partial charge on any atom is -0.493 e. The lowest BCUT2D eigenvalue weighted by Gasteiger charge is -2.39. The highest BCUT2D eigenvalue weighted by Crippen LogP contribution is 2.40. The van der Waals surface area contributed by atoms with E-state index in [9.17, 15) is 9.59 Å². The number of pyridine rings is 1. The molecular formula is C26H32N4O4. The molecule has 1 saturated heterocycles. The molecule has 4 rings (SSSR count). The van der Waals surface area contributed by atoms with Gasteiger partial charge in [0, 0.05) is 30.3 Å². The number of ether oxygens (including phenoxy) is 2. The summed E-state index contributed by atoms with van der Waals surface area (Å²) in [6.07, 6.45) is 4.12. The summed E-state index contributed by atoms with van der Waals surface area (Å²) >= 11 is 0. The molecule has 0 N–H and O–H groups in total. The summed E-state index contributed by atoms with van der Waals surface area (Å²) in [6.45, 7) is 7.19. The van der Waals surface area contributed by atoms with Gasteiger partial charge in [-0.15, -0.1) is 0 Å². The summed E-state index contributed by atoms with van der Waals surface area (Å²) in [4.78, 5) is 31.3. The number of likely N-dealkylation sites (tertiary alicyclic amines) is 1. The molecule has 3 heterocycles. The second kappa shape index (κ2) is 9.44. The molecule has 0 spiro atoms. The van der Waals surface area contributed by atoms with Gasteiger partial charge in [-0.05, 0) is 49.6 Å². The number of nitrogens with zero attached hydrogens (tertiary/aromatic N) is 4. The maximum absolute atomic E-state index is 13.0. The minimum absolute atomic E-state index is 0.0419. The number of methoxy groups -OCH3 is 2. The Morgan fingerprint density at radius 2 is 1.82 bits per heavy atom. The molecule has 0 aliphatic carbocycles. The summed E-state index contributed by atoms with van der Waals surface area (Å²) in [5.41, 5.74) is 2.63. The van der Waals surface area contributed by atoms with E-state index in [1.807, 2.05) is 61.0 Å². The van der Waals surface area contributed by atoms with Crippen molar-refractivity contribution < 1.29 is 19.1 Å². The SMILES string of the molecule is COc1ccc(C2=NN(C3CCN(C(=O)c4ncccc4C)CC3)C(C=O)C2(C)C)cc1OC. The Balaban J connectivity index is 1.55. The molecule has 0 bridgehead atoms. The molecule has 1 aromatic heterocycles. The van der Waals surface area contributed by atoms with Crippen LogP contribution in [0.5, 0.6) is 11.5 Å². The predicted octanol–water partition coefficient (Wildman–Crippen LogP) is 3.33. The van der Waals surface area contributed by atoms with E-state index in [-0.39, 0.29) is 18.0 Å². The van der Waals surface area contributed by atoms with Gasteiger partial charge in [0.2, 0.25) is 0 Å². The molecule has 1 atom stereocenters. The van der Waals surface area contributed by atoms with Crippen LogP contribution >= 0.6 is 0 Å². The van der Waals surface area contributed by atoms with E-state index in [1.165, 1.54) is 0 Å². The summed E-state index contributed by atoms with van der Waals surface area (Å²) in [5, 5.41) is 6.92. The van der Waals surface area contributed by atoms with Gasteiger partial charge >= 0.3 is 0 Å². The number of carbonyl (C=O) groups excluding carboxylic acids is 2. The van der Waals surface area contributed by atoms with Crippen LogP contribution in [0.3, 0.4) is 0 Å². The third-order valence-electron chi connectivity index (χ3n) is 6.97. The Kier molecular flexibility index (Phi) is 6.59. The van der Waals surface area contributed by atoms with Gasteiger partial charge < -0.3 is 19.2 Å². The number of carbonyl (C=O) groups is 2. The second-order valence-electron chi connectivity index (χ2n) is 9.39. The van der Waals surface area contributed by atoms with Gasteiger partial charge in [0.1, 0.15) is 18.0 Å². The average molecular weight is 465 g/mol. The van der Waals surface area contributed by atoms with Crippen LogP contribution in [0, 0.1) is 12.3 Å². The fourth-order valence-corrected chi connectivity index (χ4v) is 4.92. The Bertz CT molecular complexity index is 1110. The molecule has 1 fully saturated rings. The summed E-state index contributed by atoms with van der Waals surface area (Å²) in [5.74, 6) is 1.22. The van der Waals surface area contributed by atoms with Crippen LogP contribution in [0.4, 0.5) is 0 Å². The van der Waals surface area contributed by atoms with Crippen molar-refractivity contribution in [2.75, 3.05) is 27.3 Å². The second-order valence-corrected chi connectivity index (χ2v) is 9.39. The zero-order valence-corrected chi connectivity index (χ0v) is 20.4. The fourth-order valence-electron chi connectivity index (χ4n) is 4.92.